The van der Waals surface area contributed by atoms with Crippen LogP contribution in [0.25, 0.3) is 10.8 Å². The first-order chi connectivity index (χ1) is 18.5. The highest BCUT2D eigenvalue weighted by molar-refractivity contribution is 6.06. The molecule has 3 heterocycles. The number of phenols is 1. The summed E-state index contributed by atoms with van der Waals surface area (Å²) in [7, 11) is 1.41. The summed E-state index contributed by atoms with van der Waals surface area (Å²) in [5, 5.41) is 73.1. The molecule has 10 unspecified atom stereocenters. The summed E-state index contributed by atoms with van der Waals surface area (Å²) in [6.07, 6.45) is -14.8. The van der Waals surface area contributed by atoms with Gasteiger partial charge in [0.2, 0.25) is 6.29 Å². The molecule has 0 radical (unpaired) electrons. The maximum Gasteiger partial charge on any atom is 0.342 e. The van der Waals surface area contributed by atoms with E-state index in [4.69, 9.17) is 28.4 Å². The Labute approximate surface area is 221 Å². The number of ether oxygens (including phenoxy) is 6. The molecule has 214 valence electrons. The minimum atomic E-state index is -1.76. The molecular formula is C25H30O14. The lowest BCUT2D eigenvalue weighted by Gasteiger charge is -2.42. The predicted octanol–water partition coefficient (Wildman–Crippen LogP) is -1.75. The number of esters is 1. The number of aliphatic hydroxyl groups is 6. The number of hydrogen-bond donors (Lipinski definition) is 7. The number of carbonyl (C=O) groups is 1. The number of rotatable bonds is 6. The zero-order valence-electron chi connectivity index (χ0n) is 20.9. The molecule has 0 bridgehead atoms. The van der Waals surface area contributed by atoms with Gasteiger partial charge in [-0.3, -0.25) is 0 Å². The van der Waals surface area contributed by atoms with Crippen LogP contribution in [0.15, 0.2) is 18.2 Å². The number of phenolic OH excluding ortho intramolecular Hbond substituents is 1. The van der Waals surface area contributed by atoms with Crippen LogP contribution in [0.3, 0.4) is 0 Å². The number of fused-ring (bicyclic) bond motifs is 2. The van der Waals surface area contributed by atoms with Crippen LogP contribution >= 0.6 is 0 Å². The van der Waals surface area contributed by atoms with Crippen molar-refractivity contribution in [2.45, 2.75) is 74.9 Å². The van der Waals surface area contributed by atoms with Gasteiger partial charge in [0.15, 0.2) is 6.29 Å². The Balaban J connectivity index is 1.40. The molecule has 39 heavy (non-hydrogen) atoms. The summed E-state index contributed by atoms with van der Waals surface area (Å²) in [5.74, 6) is -0.874. The highest BCUT2D eigenvalue weighted by atomic mass is 16.7. The van der Waals surface area contributed by atoms with Crippen molar-refractivity contribution >= 4 is 16.7 Å². The van der Waals surface area contributed by atoms with E-state index < -0.39 is 79.7 Å². The molecule has 2 aromatic rings. The SMILES string of the molecule is COc1cc(OC2OC(COC3OC(C)C(O)C(O)C3O)C(O)C(O)C2O)c2c(O)c3c(cc2c1)COC3=O. The lowest BCUT2D eigenvalue weighted by Crippen LogP contribution is -2.61. The number of benzene rings is 2. The van der Waals surface area contributed by atoms with Crippen molar-refractivity contribution in [2.24, 2.45) is 0 Å². The Morgan fingerprint density at radius 3 is 2.31 bits per heavy atom. The lowest BCUT2D eigenvalue weighted by atomic mass is 9.98. The topological polar surface area (TPSA) is 214 Å². The monoisotopic (exact) mass is 554 g/mol. The Kier molecular flexibility index (Phi) is 7.58. The van der Waals surface area contributed by atoms with Crippen molar-refractivity contribution in [3.05, 3.63) is 29.3 Å². The van der Waals surface area contributed by atoms with E-state index in [1.807, 2.05) is 0 Å². The highest BCUT2D eigenvalue weighted by Crippen LogP contribution is 2.43. The molecule has 0 aromatic heterocycles. The van der Waals surface area contributed by atoms with Crippen molar-refractivity contribution in [3.63, 3.8) is 0 Å². The molecule has 3 aliphatic rings. The predicted molar refractivity (Wildman–Crippen MR) is 127 cm³/mol. The standard InChI is InChI=1S/C25H30O14/c1-8-16(26)19(29)21(31)24(37-8)36-7-13-17(27)20(30)22(32)25(39-13)38-12-5-11(34-2)4-9-3-10-6-35-23(33)15(10)18(28)14(9)12/h3-5,8,13,16-17,19-22,24-32H,6-7H2,1-2H3. The first-order valence-electron chi connectivity index (χ1n) is 12.2. The molecule has 14 heteroatoms. The number of aromatic hydroxyl groups is 1. The minimum Gasteiger partial charge on any atom is -0.506 e. The average molecular weight is 555 g/mol. The molecule has 10 atom stereocenters. The van der Waals surface area contributed by atoms with Gasteiger partial charge in [0.25, 0.3) is 0 Å². The van der Waals surface area contributed by atoms with Gasteiger partial charge in [0.05, 0.1) is 25.2 Å². The second-order valence-electron chi connectivity index (χ2n) is 9.71. The number of methoxy groups -OCH3 is 1. The molecule has 2 aromatic carbocycles. The van der Waals surface area contributed by atoms with E-state index in [2.05, 4.69) is 0 Å². The van der Waals surface area contributed by atoms with Crippen molar-refractivity contribution in [3.8, 4) is 17.2 Å². The lowest BCUT2D eigenvalue weighted by molar-refractivity contribution is -0.318. The van der Waals surface area contributed by atoms with Crippen molar-refractivity contribution in [2.75, 3.05) is 13.7 Å². The third-order valence-corrected chi connectivity index (χ3v) is 7.17. The smallest absolute Gasteiger partial charge is 0.342 e. The van der Waals surface area contributed by atoms with Crippen LogP contribution in [-0.2, 0) is 25.6 Å². The second kappa shape index (κ2) is 10.6. The van der Waals surface area contributed by atoms with Crippen LogP contribution in [-0.4, -0.2) is 117 Å². The van der Waals surface area contributed by atoms with E-state index in [0.717, 1.165) is 0 Å². The molecule has 2 fully saturated rings. The van der Waals surface area contributed by atoms with E-state index >= 15 is 0 Å². The summed E-state index contributed by atoms with van der Waals surface area (Å²) in [6, 6.07) is 4.61. The first kappa shape index (κ1) is 27.8. The van der Waals surface area contributed by atoms with E-state index in [1.165, 1.54) is 20.1 Å². The van der Waals surface area contributed by atoms with Crippen LogP contribution in [0, 0.1) is 0 Å². The van der Waals surface area contributed by atoms with Crippen LogP contribution in [0.1, 0.15) is 22.8 Å². The maximum atomic E-state index is 12.2. The van der Waals surface area contributed by atoms with Gasteiger partial charge in [-0.05, 0) is 24.4 Å². The maximum absolute atomic E-state index is 12.2. The van der Waals surface area contributed by atoms with Crippen LogP contribution in [0.4, 0.5) is 0 Å². The number of cyclic esters (lactones) is 1. The van der Waals surface area contributed by atoms with Crippen LogP contribution in [0.2, 0.25) is 0 Å². The molecule has 0 spiro atoms. The second-order valence-corrected chi connectivity index (χ2v) is 9.71. The van der Waals surface area contributed by atoms with Gasteiger partial charge in [-0.2, -0.15) is 0 Å². The van der Waals surface area contributed by atoms with Gasteiger partial charge < -0.3 is 64.2 Å². The molecule has 0 amide bonds. The molecule has 0 saturated carbocycles. The molecule has 7 N–H and O–H groups in total. The number of carbonyl (C=O) groups excluding carboxylic acids is 1. The summed E-state index contributed by atoms with van der Waals surface area (Å²) in [5.41, 5.74) is 0.435. The zero-order chi connectivity index (χ0) is 28.2. The zero-order valence-corrected chi connectivity index (χ0v) is 20.9. The van der Waals surface area contributed by atoms with Crippen molar-refractivity contribution < 1.29 is 69.0 Å². The van der Waals surface area contributed by atoms with Crippen molar-refractivity contribution in [1.29, 1.82) is 0 Å². The fourth-order valence-electron chi connectivity index (χ4n) is 4.90. The highest BCUT2D eigenvalue weighted by Gasteiger charge is 2.47. The summed E-state index contributed by atoms with van der Waals surface area (Å²) >= 11 is 0. The number of aliphatic hydroxyl groups excluding tert-OH is 6. The molecule has 14 nitrogen and oxygen atoms in total. The Hall–Kier alpha value is -2.79. The molecule has 2 saturated heterocycles. The minimum absolute atomic E-state index is 0.0184. The van der Waals surface area contributed by atoms with Crippen LogP contribution < -0.4 is 9.47 Å². The number of hydrogen-bond acceptors (Lipinski definition) is 14. The summed E-state index contributed by atoms with van der Waals surface area (Å²) in [4.78, 5) is 12.2. The van der Waals surface area contributed by atoms with E-state index in [-0.39, 0.29) is 23.3 Å². The van der Waals surface area contributed by atoms with Gasteiger partial charge in [-0.15, -0.1) is 0 Å². The molecule has 3 aliphatic heterocycles. The molecular weight excluding hydrogens is 524 g/mol. The van der Waals surface area contributed by atoms with E-state index in [1.54, 1.807) is 12.1 Å². The van der Waals surface area contributed by atoms with Gasteiger partial charge in [0.1, 0.15) is 72.1 Å². The normalized spacial score (nSPS) is 36.5. The molecule has 0 aliphatic carbocycles. The average Bonchev–Trinajstić information content (AvgIpc) is 3.29. The van der Waals surface area contributed by atoms with Gasteiger partial charge in [-0.25, -0.2) is 4.79 Å². The summed E-state index contributed by atoms with van der Waals surface area (Å²) in [6.45, 7) is 0.968. The van der Waals surface area contributed by atoms with E-state index in [0.29, 0.717) is 16.7 Å². The van der Waals surface area contributed by atoms with Gasteiger partial charge >= 0.3 is 5.97 Å². The van der Waals surface area contributed by atoms with Gasteiger partial charge in [0, 0.05) is 11.6 Å². The Morgan fingerprint density at radius 2 is 1.59 bits per heavy atom. The third kappa shape index (κ3) is 4.88. The Morgan fingerprint density at radius 1 is 0.897 bits per heavy atom. The van der Waals surface area contributed by atoms with Crippen LogP contribution in [0.5, 0.6) is 17.2 Å². The van der Waals surface area contributed by atoms with E-state index in [9.17, 15) is 40.5 Å². The molecule has 5 rings (SSSR count). The Bertz CT molecular complexity index is 1240. The third-order valence-electron chi connectivity index (χ3n) is 7.17. The summed E-state index contributed by atoms with van der Waals surface area (Å²) < 4.78 is 32.7. The quantitative estimate of drug-likeness (QED) is 0.197. The first-order valence-corrected chi connectivity index (χ1v) is 12.2. The fourth-order valence-corrected chi connectivity index (χ4v) is 4.90. The van der Waals surface area contributed by atoms with Crippen molar-refractivity contribution in [1.82, 2.24) is 0 Å². The fraction of sp³-hybridized carbons (Fsp3) is 0.560. The van der Waals surface area contributed by atoms with Gasteiger partial charge in [-0.1, -0.05) is 0 Å². The largest absolute Gasteiger partial charge is 0.506 e.